The molecule has 0 fully saturated rings. The number of hydrogen-bond acceptors (Lipinski definition) is 3. The summed E-state index contributed by atoms with van der Waals surface area (Å²) in [4.78, 5) is 18.8. The molecule has 0 aliphatic heterocycles. The van der Waals surface area contributed by atoms with Crippen LogP contribution in [-0.4, -0.2) is 21.3 Å². The second kappa shape index (κ2) is 6.71. The minimum absolute atomic E-state index is 0.0658. The molecule has 3 aromatic rings. The topological polar surface area (TPSA) is 37.6 Å². The van der Waals surface area contributed by atoms with E-state index in [0.29, 0.717) is 22.9 Å². The first kappa shape index (κ1) is 16.6. The average molecular weight is 346 g/mol. The van der Waals surface area contributed by atoms with E-state index < -0.39 is 0 Å². The van der Waals surface area contributed by atoms with E-state index in [2.05, 4.69) is 9.88 Å². The summed E-state index contributed by atoms with van der Waals surface area (Å²) in [5, 5.41) is 0.487. The Balaban J connectivity index is 1.84. The largest absolute Gasteiger partial charge is 0.294 e. The van der Waals surface area contributed by atoms with E-state index in [-0.39, 0.29) is 17.4 Å². The molecule has 3 rings (SSSR count). The van der Waals surface area contributed by atoms with E-state index in [1.54, 1.807) is 30.5 Å². The lowest BCUT2D eigenvalue weighted by Gasteiger charge is -2.24. The second-order valence-corrected chi connectivity index (χ2v) is 6.24. The lowest BCUT2D eigenvalue weighted by Crippen LogP contribution is -2.24. The Morgan fingerprint density at radius 3 is 2.67 bits per heavy atom. The molecular weight excluding hydrogens is 329 g/mol. The number of hydrogen-bond donors (Lipinski definition) is 0. The first-order valence-corrected chi connectivity index (χ1v) is 7.95. The third kappa shape index (κ3) is 3.47. The van der Waals surface area contributed by atoms with Gasteiger partial charge in [0.25, 0.3) is 5.56 Å². The summed E-state index contributed by atoms with van der Waals surface area (Å²) in [5.74, 6) is -0.253. The first-order valence-electron chi connectivity index (χ1n) is 7.57. The molecule has 24 heavy (non-hydrogen) atoms. The van der Waals surface area contributed by atoms with E-state index >= 15 is 0 Å². The minimum Gasteiger partial charge on any atom is -0.294 e. The van der Waals surface area contributed by atoms with Gasteiger partial charge in [0.15, 0.2) is 0 Å². The van der Waals surface area contributed by atoms with Crippen LogP contribution >= 0.6 is 11.6 Å². The van der Waals surface area contributed by atoms with Crippen LogP contribution in [0.2, 0.25) is 5.02 Å². The highest BCUT2D eigenvalue weighted by atomic mass is 35.5. The van der Waals surface area contributed by atoms with Crippen molar-refractivity contribution in [2.75, 3.05) is 7.05 Å². The van der Waals surface area contributed by atoms with Gasteiger partial charge in [-0.05, 0) is 43.8 Å². The second-order valence-electron chi connectivity index (χ2n) is 5.80. The third-order valence-electron chi connectivity index (χ3n) is 4.10. The van der Waals surface area contributed by atoms with Gasteiger partial charge < -0.3 is 0 Å². The summed E-state index contributed by atoms with van der Waals surface area (Å²) in [5.41, 5.74) is 2.08. The van der Waals surface area contributed by atoms with Crippen LogP contribution in [0, 0.1) is 5.82 Å². The van der Waals surface area contributed by atoms with Gasteiger partial charge in [0, 0.05) is 24.8 Å². The van der Waals surface area contributed by atoms with Gasteiger partial charge in [-0.15, -0.1) is 0 Å². The highest BCUT2D eigenvalue weighted by Crippen LogP contribution is 2.20. The van der Waals surface area contributed by atoms with Crippen LogP contribution in [-0.2, 0) is 6.54 Å². The zero-order chi connectivity index (χ0) is 17.3. The van der Waals surface area contributed by atoms with Crippen LogP contribution in [0.4, 0.5) is 4.39 Å². The molecule has 0 aliphatic rings. The summed E-state index contributed by atoms with van der Waals surface area (Å²) in [6, 6.07) is 11.4. The van der Waals surface area contributed by atoms with Gasteiger partial charge in [-0.2, -0.15) is 0 Å². The van der Waals surface area contributed by atoms with Gasteiger partial charge in [0.2, 0.25) is 0 Å². The van der Waals surface area contributed by atoms with E-state index in [0.717, 1.165) is 5.56 Å². The Hall–Kier alpha value is -2.24. The van der Waals surface area contributed by atoms with Crippen molar-refractivity contribution in [2.24, 2.45) is 0 Å². The number of nitrogens with zero attached hydrogens (tertiary/aromatic N) is 3. The predicted molar refractivity (Wildman–Crippen MR) is 92.8 cm³/mol. The van der Waals surface area contributed by atoms with Crippen molar-refractivity contribution in [3.63, 3.8) is 0 Å². The Morgan fingerprint density at radius 2 is 1.96 bits per heavy atom. The van der Waals surface area contributed by atoms with Crippen molar-refractivity contribution in [3.8, 4) is 0 Å². The van der Waals surface area contributed by atoms with Crippen molar-refractivity contribution < 1.29 is 4.39 Å². The quantitative estimate of drug-likeness (QED) is 0.724. The van der Waals surface area contributed by atoms with Crippen LogP contribution in [0.15, 0.2) is 53.5 Å². The van der Waals surface area contributed by atoms with Gasteiger partial charge >= 0.3 is 0 Å². The number of rotatable bonds is 4. The predicted octanol–water partition coefficient (Wildman–Crippen LogP) is 3.68. The molecule has 124 valence electrons. The number of benzene rings is 1. The summed E-state index contributed by atoms with van der Waals surface area (Å²) in [6.07, 6.45) is 1.56. The molecule has 0 spiro atoms. The van der Waals surface area contributed by atoms with Crippen molar-refractivity contribution >= 4 is 17.2 Å². The molecule has 0 aliphatic carbocycles. The third-order valence-corrected chi connectivity index (χ3v) is 4.33. The van der Waals surface area contributed by atoms with E-state index in [4.69, 9.17) is 11.6 Å². The highest BCUT2D eigenvalue weighted by Gasteiger charge is 2.13. The smallest absolute Gasteiger partial charge is 0.258 e. The maximum atomic E-state index is 13.0. The highest BCUT2D eigenvalue weighted by molar-refractivity contribution is 6.30. The Labute approximate surface area is 144 Å². The van der Waals surface area contributed by atoms with Crippen molar-refractivity contribution in [3.05, 3.63) is 81.1 Å². The minimum atomic E-state index is -0.253. The molecule has 1 atom stereocenters. The van der Waals surface area contributed by atoms with Crippen LogP contribution in [0.3, 0.4) is 0 Å². The molecule has 1 aromatic carbocycles. The fourth-order valence-electron chi connectivity index (χ4n) is 2.60. The number of fused-ring (bicyclic) bond motifs is 1. The van der Waals surface area contributed by atoms with E-state index in [9.17, 15) is 9.18 Å². The lowest BCUT2D eigenvalue weighted by atomic mass is 10.1. The number of pyridine rings is 1. The molecule has 4 nitrogen and oxygen atoms in total. The van der Waals surface area contributed by atoms with Crippen molar-refractivity contribution in [2.45, 2.75) is 19.5 Å². The zero-order valence-corrected chi connectivity index (χ0v) is 14.2. The number of halogens is 2. The summed E-state index contributed by atoms with van der Waals surface area (Å²) in [7, 11) is 1.94. The van der Waals surface area contributed by atoms with E-state index in [1.807, 2.05) is 14.0 Å². The maximum Gasteiger partial charge on any atom is 0.258 e. The molecule has 0 N–H and O–H groups in total. The van der Waals surface area contributed by atoms with Crippen molar-refractivity contribution in [1.29, 1.82) is 0 Å². The van der Waals surface area contributed by atoms with Crippen molar-refractivity contribution in [1.82, 2.24) is 14.3 Å². The zero-order valence-electron chi connectivity index (χ0n) is 13.4. The molecule has 0 saturated carbocycles. The monoisotopic (exact) mass is 345 g/mol. The van der Waals surface area contributed by atoms with Gasteiger partial charge in [-0.1, -0.05) is 23.7 Å². The summed E-state index contributed by atoms with van der Waals surface area (Å²) < 4.78 is 14.5. The van der Waals surface area contributed by atoms with Gasteiger partial charge in [-0.3, -0.25) is 14.1 Å². The Bertz CT molecular complexity index is 924. The van der Waals surface area contributed by atoms with E-state index in [1.165, 1.54) is 22.6 Å². The lowest BCUT2D eigenvalue weighted by molar-refractivity contribution is 0.250. The molecule has 1 unspecified atom stereocenters. The molecule has 0 amide bonds. The molecule has 0 saturated heterocycles. The Kier molecular flexibility index (Phi) is 4.64. The Morgan fingerprint density at radius 1 is 1.25 bits per heavy atom. The molecular formula is C18H17ClFN3O. The van der Waals surface area contributed by atoms with Crippen LogP contribution in [0.1, 0.15) is 24.2 Å². The number of aromatic nitrogens is 2. The molecule has 0 radical (unpaired) electrons. The molecule has 0 bridgehead atoms. The van der Waals surface area contributed by atoms with Crippen LogP contribution in [0.25, 0.3) is 5.65 Å². The molecule has 6 heteroatoms. The standard InChI is InChI=1S/C18H17ClFN3O/c1-12(13-3-6-15(20)7-4-13)22(2)11-16-9-18(24)23-10-14(19)5-8-17(23)21-16/h3-10,12H,11H2,1-2H3. The molecule has 2 aromatic heterocycles. The first-order chi connectivity index (χ1) is 11.4. The van der Waals surface area contributed by atoms with Gasteiger partial charge in [0.05, 0.1) is 10.7 Å². The fraction of sp³-hybridized carbons (Fsp3) is 0.222. The summed E-state index contributed by atoms with van der Waals surface area (Å²) >= 11 is 5.91. The van der Waals surface area contributed by atoms with Gasteiger partial charge in [-0.25, -0.2) is 9.37 Å². The maximum absolute atomic E-state index is 13.0. The normalized spacial score (nSPS) is 12.7. The van der Waals surface area contributed by atoms with Crippen LogP contribution in [0.5, 0.6) is 0 Å². The summed E-state index contributed by atoms with van der Waals surface area (Å²) in [6.45, 7) is 2.54. The SMILES string of the molecule is CC(c1ccc(F)cc1)N(C)Cc1cc(=O)n2cc(Cl)ccc2n1. The van der Waals surface area contributed by atoms with Crippen LogP contribution < -0.4 is 5.56 Å². The fourth-order valence-corrected chi connectivity index (χ4v) is 2.76. The van der Waals surface area contributed by atoms with Gasteiger partial charge in [0.1, 0.15) is 11.5 Å². The average Bonchev–Trinajstić information content (AvgIpc) is 2.55. The molecule has 2 heterocycles.